The summed E-state index contributed by atoms with van der Waals surface area (Å²) in [5.74, 6) is 0.802. The normalized spacial score (nSPS) is 22.5. The quantitative estimate of drug-likeness (QED) is 0.663. The van der Waals surface area contributed by atoms with Crippen molar-refractivity contribution < 1.29 is 22.6 Å². The van der Waals surface area contributed by atoms with Crippen LogP contribution in [0.3, 0.4) is 0 Å². The predicted octanol–water partition coefficient (Wildman–Crippen LogP) is 3.36. The van der Waals surface area contributed by atoms with E-state index in [1.54, 1.807) is 43.5 Å². The highest BCUT2D eigenvalue weighted by Gasteiger charge is 2.50. The molecule has 1 heterocycles. The van der Waals surface area contributed by atoms with Crippen LogP contribution in [-0.2, 0) is 25.9 Å². The van der Waals surface area contributed by atoms with Gasteiger partial charge in [-0.05, 0) is 42.8 Å². The lowest BCUT2D eigenvalue weighted by atomic mass is 10.1. The molecule has 0 unspecified atom stereocenters. The first-order valence-electron chi connectivity index (χ1n) is 8.31. The standard InChI is InChI=1S/C20H22O5S/c1-20(12-13-26(21,22)18-6-4-3-5-7-18)19(25-20)15-24-14-16-8-10-17(23-2)11-9-16/h3-13,19H,14-15H2,1-2H3/b13-12+/t19-,20-/m1/s1. The Morgan fingerprint density at radius 2 is 1.81 bits per heavy atom. The SMILES string of the molecule is COc1ccc(COC[C@H]2O[C@]2(C)/C=C/S(=O)(=O)c2ccccc2)cc1. The summed E-state index contributed by atoms with van der Waals surface area (Å²) in [5.41, 5.74) is 0.428. The maximum Gasteiger partial charge on any atom is 0.199 e. The van der Waals surface area contributed by atoms with Gasteiger partial charge in [-0.25, -0.2) is 8.42 Å². The summed E-state index contributed by atoms with van der Waals surface area (Å²) in [7, 11) is -1.83. The summed E-state index contributed by atoms with van der Waals surface area (Å²) in [6.07, 6.45) is 1.44. The maximum absolute atomic E-state index is 12.3. The van der Waals surface area contributed by atoms with Crippen LogP contribution in [0.5, 0.6) is 5.75 Å². The van der Waals surface area contributed by atoms with Crippen molar-refractivity contribution in [2.24, 2.45) is 0 Å². The Bertz CT molecular complexity index is 859. The van der Waals surface area contributed by atoms with Crippen LogP contribution in [0.15, 0.2) is 71.0 Å². The zero-order valence-corrected chi connectivity index (χ0v) is 15.6. The molecule has 5 nitrogen and oxygen atoms in total. The molecule has 1 aliphatic rings. The first kappa shape index (κ1) is 18.6. The highest BCUT2D eigenvalue weighted by atomic mass is 32.2. The maximum atomic E-state index is 12.3. The summed E-state index contributed by atoms with van der Waals surface area (Å²) in [4.78, 5) is 0.271. The molecule has 0 N–H and O–H groups in total. The summed E-state index contributed by atoms with van der Waals surface area (Å²) in [6.45, 7) is 2.72. The van der Waals surface area contributed by atoms with Crippen LogP contribution >= 0.6 is 0 Å². The van der Waals surface area contributed by atoms with Gasteiger partial charge in [-0.3, -0.25) is 0 Å². The third-order valence-electron chi connectivity index (χ3n) is 4.33. The Balaban J connectivity index is 1.50. The van der Waals surface area contributed by atoms with Gasteiger partial charge in [0.2, 0.25) is 0 Å². The van der Waals surface area contributed by atoms with E-state index in [-0.39, 0.29) is 11.0 Å². The highest BCUT2D eigenvalue weighted by Crippen LogP contribution is 2.38. The van der Waals surface area contributed by atoms with E-state index in [1.807, 2.05) is 31.2 Å². The molecule has 1 aliphatic heterocycles. The average Bonchev–Trinajstić information content (AvgIpc) is 3.32. The van der Waals surface area contributed by atoms with Crippen molar-refractivity contribution >= 4 is 9.84 Å². The van der Waals surface area contributed by atoms with Gasteiger partial charge in [-0.1, -0.05) is 30.3 Å². The number of hydrogen-bond donors (Lipinski definition) is 0. The summed E-state index contributed by atoms with van der Waals surface area (Å²) < 4.78 is 41.0. The molecule has 3 rings (SSSR count). The van der Waals surface area contributed by atoms with Crippen molar-refractivity contribution in [1.29, 1.82) is 0 Å². The van der Waals surface area contributed by atoms with Crippen molar-refractivity contribution in [1.82, 2.24) is 0 Å². The van der Waals surface area contributed by atoms with Crippen LogP contribution in [-0.4, -0.2) is 33.8 Å². The molecular weight excluding hydrogens is 352 g/mol. The minimum Gasteiger partial charge on any atom is -0.497 e. The molecular formula is C20H22O5S. The Morgan fingerprint density at radius 3 is 2.46 bits per heavy atom. The molecule has 0 spiro atoms. The fourth-order valence-electron chi connectivity index (χ4n) is 2.54. The van der Waals surface area contributed by atoms with Crippen LogP contribution in [0.1, 0.15) is 12.5 Å². The molecule has 0 bridgehead atoms. The number of ether oxygens (including phenoxy) is 3. The monoisotopic (exact) mass is 374 g/mol. The summed E-state index contributed by atoms with van der Waals surface area (Å²) >= 11 is 0. The Labute approximate surface area is 154 Å². The number of benzene rings is 2. The molecule has 138 valence electrons. The molecule has 0 aliphatic carbocycles. The average molecular weight is 374 g/mol. The highest BCUT2D eigenvalue weighted by molar-refractivity contribution is 7.94. The van der Waals surface area contributed by atoms with Crippen molar-refractivity contribution in [3.05, 3.63) is 71.6 Å². The van der Waals surface area contributed by atoms with E-state index in [1.165, 1.54) is 5.41 Å². The van der Waals surface area contributed by atoms with Gasteiger partial charge in [0.1, 0.15) is 17.5 Å². The fraction of sp³-hybridized carbons (Fsp3) is 0.300. The lowest BCUT2D eigenvalue weighted by Gasteiger charge is -2.05. The van der Waals surface area contributed by atoms with Crippen molar-refractivity contribution in [2.75, 3.05) is 13.7 Å². The van der Waals surface area contributed by atoms with Gasteiger partial charge in [0.15, 0.2) is 9.84 Å². The Hall–Kier alpha value is -2.15. The number of sulfone groups is 1. The second kappa shape index (κ2) is 7.61. The van der Waals surface area contributed by atoms with Gasteiger partial charge in [-0.2, -0.15) is 0 Å². The smallest absolute Gasteiger partial charge is 0.199 e. The summed E-state index contributed by atoms with van der Waals surface area (Å²) in [5, 5.41) is 1.21. The molecule has 0 amide bonds. The molecule has 0 saturated carbocycles. The van der Waals surface area contributed by atoms with Gasteiger partial charge in [0, 0.05) is 5.41 Å². The van der Waals surface area contributed by atoms with Crippen LogP contribution in [0, 0.1) is 0 Å². The summed E-state index contributed by atoms with van der Waals surface area (Å²) in [6, 6.07) is 16.0. The largest absolute Gasteiger partial charge is 0.497 e. The molecule has 2 aromatic rings. The number of hydrogen-bond acceptors (Lipinski definition) is 5. The van der Waals surface area contributed by atoms with Crippen LogP contribution in [0.2, 0.25) is 0 Å². The topological polar surface area (TPSA) is 65.1 Å². The van der Waals surface area contributed by atoms with Gasteiger partial charge in [0.25, 0.3) is 0 Å². The number of methoxy groups -OCH3 is 1. The van der Waals surface area contributed by atoms with Crippen molar-refractivity contribution in [3.63, 3.8) is 0 Å². The molecule has 1 fully saturated rings. The van der Waals surface area contributed by atoms with Gasteiger partial charge in [0.05, 0.1) is 25.2 Å². The minimum atomic E-state index is -3.46. The van der Waals surface area contributed by atoms with Gasteiger partial charge >= 0.3 is 0 Å². The van der Waals surface area contributed by atoms with E-state index in [0.29, 0.717) is 13.2 Å². The first-order chi connectivity index (χ1) is 12.4. The molecule has 0 radical (unpaired) electrons. The lowest BCUT2D eigenvalue weighted by Crippen LogP contribution is -2.12. The Morgan fingerprint density at radius 1 is 1.12 bits per heavy atom. The molecule has 0 aromatic heterocycles. The van der Waals surface area contributed by atoms with Crippen LogP contribution < -0.4 is 4.74 Å². The molecule has 2 atom stereocenters. The van der Waals surface area contributed by atoms with Crippen LogP contribution in [0.4, 0.5) is 0 Å². The lowest BCUT2D eigenvalue weighted by molar-refractivity contribution is 0.104. The van der Waals surface area contributed by atoms with Crippen molar-refractivity contribution in [3.8, 4) is 5.75 Å². The van der Waals surface area contributed by atoms with E-state index >= 15 is 0 Å². The third-order valence-corrected chi connectivity index (χ3v) is 5.75. The van der Waals surface area contributed by atoms with Gasteiger partial charge < -0.3 is 14.2 Å². The third kappa shape index (κ3) is 4.52. The first-order valence-corrected chi connectivity index (χ1v) is 9.85. The van der Waals surface area contributed by atoms with E-state index < -0.39 is 15.4 Å². The van der Waals surface area contributed by atoms with Crippen molar-refractivity contribution in [2.45, 2.75) is 30.1 Å². The zero-order chi connectivity index (χ0) is 18.6. The predicted molar refractivity (Wildman–Crippen MR) is 98.7 cm³/mol. The molecule has 26 heavy (non-hydrogen) atoms. The Kier molecular flexibility index (Phi) is 5.46. The minimum absolute atomic E-state index is 0.150. The van der Waals surface area contributed by atoms with E-state index in [2.05, 4.69) is 0 Å². The molecule has 1 saturated heterocycles. The zero-order valence-electron chi connectivity index (χ0n) is 14.8. The van der Waals surface area contributed by atoms with Crippen LogP contribution in [0.25, 0.3) is 0 Å². The molecule has 6 heteroatoms. The van der Waals surface area contributed by atoms with E-state index in [9.17, 15) is 8.42 Å². The second-order valence-corrected chi connectivity index (χ2v) is 8.15. The van der Waals surface area contributed by atoms with E-state index in [4.69, 9.17) is 14.2 Å². The van der Waals surface area contributed by atoms with Gasteiger partial charge in [-0.15, -0.1) is 0 Å². The second-order valence-electron chi connectivity index (χ2n) is 6.31. The fourth-order valence-corrected chi connectivity index (χ4v) is 3.68. The number of epoxide rings is 1. The molecule has 2 aromatic carbocycles. The van der Waals surface area contributed by atoms with E-state index in [0.717, 1.165) is 11.3 Å². The number of rotatable bonds is 8.